The molecule has 27 heavy (non-hydrogen) atoms. The Bertz CT molecular complexity index is 722. The van der Waals surface area contributed by atoms with Gasteiger partial charge in [-0.05, 0) is 43.7 Å². The number of benzene rings is 1. The Labute approximate surface area is 161 Å². The van der Waals surface area contributed by atoms with Gasteiger partial charge in [0, 0.05) is 37.8 Å². The molecule has 2 aromatic rings. The van der Waals surface area contributed by atoms with Crippen LogP contribution < -0.4 is 15.5 Å². The van der Waals surface area contributed by atoms with E-state index in [1.165, 1.54) is 6.42 Å². The van der Waals surface area contributed by atoms with Crippen LogP contribution in [0.3, 0.4) is 0 Å². The van der Waals surface area contributed by atoms with E-state index < -0.39 is 0 Å². The number of nitrogens with one attached hydrogen (secondary N) is 2. The molecule has 2 heterocycles. The highest BCUT2D eigenvalue weighted by Gasteiger charge is 2.22. The zero-order valence-electron chi connectivity index (χ0n) is 16.0. The summed E-state index contributed by atoms with van der Waals surface area (Å²) in [6.45, 7) is 5.01. The summed E-state index contributed by atoms with van der Waals surface area (Å²) < 4.78 is 0. The number of para-hydroxylation sites is 1. The van der Waals surface area contributed by atoms with Crippen molar-refractivity contribution in [2.45, 2.75) is 39.0 Å². The quantitative estimate of drug-likeness (QED) is 0.740. The molecule has 6 heteroatoms. The van der Waals surface area contributed by atoms with Crippen LogP contribution in [0.5, 0.6) is 0 Å². The fourth-order valence-electron chi connectivity index (χ4n) is 3.46. The lowest BCUT2D eigenvalue weighted by Gasteiger charge is -2.33. The first-order valence-corrected chi connectivity index (χ1v) is 9.90. The second kappa shape index (κ2) is 9.90. The van der Waals surface area contributed by atoms with Crippen molar-refractivity contribution in [3.63, 3.8) is 0 Å². The van der Waals surface area contributed by atoms with Crippen LogP contribution in [0, 0.1) is 5.92 Å². The minimum Gasteiger partial charge on any atom is -0.370 e. The van der Waals surface area contributed by atoms with E-state index >= 15 is 0 Å². The topological polar surface area (TPSA) is 70.2 Å². The summed E-state index contributed by atoms with van der Waals surface area (Å²) in [6, 6.07) is 11.7. The summed E-state index contributed by atoms with van der Waals surface area (Å²) >= 11 is 0. The molecular weight excluding hydrogens is 338 g/mol. The predicted molar refractivity (Wildman–Crippen MR) is 110 cm³/mol. The van der Waals surface area contributed by atoms with E-state index in [2.05, 4.69) is 32.4 Å². The summed E-state index contributed by atoms with van der Waals surface area (Å²) in [5.74, 6) is 2.46. The third kappa shape index (κ3) is 5.94. The van der Waals surface area contributed by atoms with Gasteiger partial charge in [-0.25, -0.2) is 9.97 Å². The smallest absolute Gasteiger partial charge is 0.224 e. The maximum absolute atomic E-state index is 12.2. The van der Waals surface area contributed by atoms with Crippen LogP contribution >= 0.6 is 0 Å². The van der Waals surface area contributed by atoms with Crippen LogP contribution in [0.2, 0.25) is 0 Å². The van der Waals surface area contributed by atoms with Gasteiger partial charge in [-0.15, -0.1) is 0 Å². The van der Waals surface area contributed by atoms with E-state index in [0.29, 0.717) is 12.3 Å². The molecule has 0 radical (unpaired) electrons. The molecule has 1 aromatic carbocycles. The van der Waals surface area contributed by atoms with E-state index in [-0.39, 0.29) is 5.91 Å². The van der Waals surface area contributed by atoms with Gasteiger partial charge in [-0.1, -0.05) is 25.1 Å². The van der Waals surface area contributed by atoms with Crippen LogP contribution in [0.4, 0.5) is 17.3 Å². The molecule has 1 amide bonds. The Hall–Kier alpha value is -2.63. The molecule has 1 fully saturated rings. The second-order valence-electron chi connectivity index (χ2n) is 7.10. The van der Waals surface area contributed by atoms with E-state index in [0.717, 1.165) is 56.2 Å². The van der Waals surface area contributed by atoms with Gasteiger partial charge in [0.1, 0.15) is 18.0 Å². The number of carbonyl (C=O) groups excluding carboxylic acids is 1. The van der Waals surface area contributed by atoms with Crippen molar-refractivity contribution in [1.82, 2.24) is 9.97 Å². The van der Waals surface area contributed by atoms with Gasteiger partial charge in [0.05, 0.1) is 0 Å². The molecule has 2 N–H and O–H groups in total. The SMILES string of the molecule is CCCNc1cc(N2CCC[C@@H](CCC(=O)Nc3ccccc3)C2)ncn1. The fraction of sp³-hybridized carbons (Fsp3) is 0.476. The Morgan fingerprint density at radius 2 is 2.11 bits per heavy atom. The molecule has 1 aliphatic rings. The maximum atomic E-state index is 12.2. The Balaban J connectivity index is 1.50. The molecule has 0 unspecified atom stereocenters. The molecule has 1 atom stereocenters. The van der Waals surface area contributed by atoms with E-state index in [9.17, 15) is 4.79 Å². The van der Waals surface area contributed by atoms with Crippen LogP contribution in [0.25, 0.3) is 0 Å². The van der Waals surface area contributed by atoms with Gasteiger partial charge in [0.2, 0.25) is 5.91 Å². The summed E-state index contributed by atoms with van der Waals surface area (Å²) in [7, 11) is 0. The molecule has 1 aromatic heterocycles. The average molecular weight is 367 g/mol. The van der Waals surface area contributed by atoms with Crippen molar-refractivity contribution >= 4 is 23.2 Å². The van der Waals surface area contributed by atoms with Gasteiger partial charge < -0.3 is 15.5 Å². The van der Waals surface area contributed by atoms with Crippen molar-refractivity contribution < 1.29 is 4.79 Å². The van der Waals surface area contributed by atoms with Crippen LogP contribution in [-0.4, -0.2) is 35.5 Å². The zero-order chi connectivity index (χ0) is 18.9. The molecule has 0 aliphatic carbocycles. The van der Waals surface area contributed by atoms with E-state index in [4.69, 9.17) is 0 Å². The number of piperidine rings is 1. The van der Waals surface area contributed by atoms with Gasteiger partial charge in [0.15, 0.2) is 0 Å². The molecule has 0 bridgehead atoms. The molecular formula is C21H29N5O. The molecule has 6 nitrogen and oxygen atoms in total. The summed E-state index contributed by atoms with van der Waals surface area (Å²) in [4.78, 5) is 23.3. The van der Waals surface area contributed by atoms with Crippen molar-refractivity contribution in [2.24, 2.45) is 5.92 Å². The maximum Gasteiger partial charge on any atom is 0.224 e. The van der Waals surface area contributed by atoms with Crippen LogP contribution in [-0.2, 0) is 4.79 Å². The van der Waals surface area contributed by atoms with Gasteiger partial charge in [-0.3, -0.25) is 4.79 Å². The van der Waals surface area contributed by atoms with Crippen LogP contribution in [0.1, 0.15) is 39.0 Å². The predicted octanol–water partition coefficient (Wildman–Crippen LogP) is 3.93. The first-order chi connectivity index (χ1) is 13.2. The molecule has 0 saturated carbocycles. The number of nitrogens with zero attached hydrogens (tertiary/aromatic N) is 3. The highest BCUT2D eigenvalue weighted by atomic mass is 16.1. The first kappa shape index (κ1) is 19.1. The number of amides is 1. The fourth-order valence-corrected chi connectivity index (χ4v) is 3.46. The highest BCUT2D eigenvalue weighted by Crippen LogP contribution is 2.25. The first-order valence-electron chi connectivity index (χ1n) is 9.90. The monoisotopic (exact) mass is 367 g/mol. The highest BCUT2D eigenvalue weighted by molar-refractivity contribution is 5.90. The Morgan fingerprint density at radius 3 is 2.93 bits per heavy atom. The van der Waals surface area contributed by atoms with Gasteiger partial charge in [0.25, 0.3) is 0 Å². The molecule has 144 valence electrons. The normalized spacial score (nSPS) is 16.8. The Kier molecular flexibility index (Phi) is 7.02. The molecule has 3 rings (SSSR count). The van der Waals surface area contributed by atoms with Gasteiger partial charge >= 0.3 is 0 Å². The summed E-state index contributed by atoms with van der Waals surface area (Å²) in [5.41, 5.74) is 0.862. The van der Waals surface area contributed by atoms with Crippen molar-refractivity contribution in [3.05, 3.63) is 42.7 Å². The standard InChI is InChI=1S/C21H29N5O/c1-2-12-22-19-14-20(24-16-23-19)26-13-6-7-17(15-26)10-11-21(27)25-18-8-4-3-5-9-18/h3-5,8-9,14,16-17H,2,6-7,10-13,15H2,1H3,(H,25,27)(H,22,23,24)/t17-/m0/s1. The lowest BCUT2D eigenvalue weighted by Crippen LogP contribution is -2.36. The minimum atomic E-state index is 0.0893. The number of carbonyl (C=O) groups is 1. The Morgan fingerprint density at radius 1 is 1.26 bits per heavy atom. The van der Waals surface area contributed by atoms with Crippen molar-refractivity contribution in [1.29, 1.82) is 0 Å². The molecule has 1 aliphatic heterocycles. The molecule has 1 saturated heterocycles. The number of aromatic nitrogens is 2. The minimum absolute atomic E-state index is 0.0893. The van der Waals surface area contributed by atoms with E-state index in [1.54, 1.807) is 6.33 Å². The van der Waals surface area contributed by atoms with Crippen molar-refractivity contribution in [2.75, 3.05) is 35.2 Å². The third-order valence-electron chi connectivity index (χ3n) is 4.89. The second-order valence-corrected chi connectivity index (χ2v) is 7.10. The number of rotatable bonds is 8. The zero-order valence-corrected chi connectivity index (χ0v) is 16.0. The van der Waals surface area contributed by atoms with Crippen molar-refractivity contribution in [3.8, 4) is 0 Å². The largest absolute Gasteiger partial charge is 0.370 e. The van der Waals surface area contributed by atoms with Gasteiger partial charge in [-0.2, -0.15) is 0 Å². The average Bonchev–Trinajstić information content (AvgIpc) is 2.72. The third-order valence-corrected chi connectivity index (χ3v) is 4.89. The number of hydrogen-bond donors (Lipinski definition) is 2. The molecule has 0 spiro atoms. The lowest BCUT2D eigenvalue weighted by molar-refractivity contribution is -0.116. The van der Waals surface area contributed by atoms with Crippen LogP contribution in [0.15, 0.2) is 42.7 Å². The van der Waals surface area contributed by atoms with E-state index in [1.807, 2.05) is 36.4 Å². The summed E-state index contributed by atoms with van der Waals surface area (Å²) in [6.07, 6.45) is 6.45. The number of anilines is 3. The lowest BCUT2D eigenvalue weighted by atomic mass is 9.93. The summed E-state index contributed by atoms with van der Waals surface area (Å²) in [5, 5.41) is 6.29. The number of hydrogen-bond acceptors (Lipinski definition) is 5.